The Kier molecular flexibility index (Phi) is 6.28. The molecule has 0 saturated carbocycles. The summed E-state index contributed by atoms with van der Waals surface area (Å²) < 4.78 is 1.07. The highest BCUT2D eigenvalue weighted by Crippen LogP contribution is 2.34. The fraction of sp³-hybridized carbons (Fsp3) is 0.360. The number of hydrogen-bond donors (Lipinski definition) is 1. The zero-order valence-electron chi connectivity index (χ0n) is 18.1. The van der Waals surface area contributed by atoms with Crippen molar-refractivity contribution in [3.05, 3.63) is 64.5 Å². The number of hydrogen-bond acceptors (Lipinski definition) is 4. The average Bonchev–Trinajstić information content (AvgIpc) is 2.97. The Hall–Kier alpha value is -2.86. The topological polar surface area (TPSA) is 66.6 Å². The summed E-state index contributed by atoms with van der Waals surface area (Å²) in [6.07, 6.45) is 4.79. The number of amides is 2. The number of nitrogens with zero attached hydrogens (tertiary/aromatic N) is 2. The minimum Gasteiger partial charge on any atom is -0.378 e. The van der Waals surface area contributed by atoms with Crippen molar-refractivity contribution in [2.75, 3.05) is 25.5 Å². The molecule has 162 valence electrons. The highest BCUT2D eigenvalue weighted by atomic mass is 32.1. The highest BCUT2D eigenvalue weighted by Gasteiger charge is 2.29. The second kappa shape index (κ2) is 9.10. The van der Waals surface area contributed by atoms with Crippen LogP contribution < -0.4 is 10.6 Å². The van der Waals surface area contributed by atoms with E-state index >= 15 is 0 Å². The molecule has 1 atom stereocenters. The van der Waals surface area contributed by atoms with E-state index in [1.165, 1.54) is 11.3 Å². The standard InChI is InChI=1S/C25H29N3O2S/c1-27(2)18-11-8-9-17(15-18)25(30)28-14-7-3-4-10-19(28)16-21-20-12-5-6-13-22(20)31-23(21)24(26)29/h5-6,8-9,11-13,15,19H,3-4,7,10,14,16H2,1-2H3,(H2,26,29)/t19-/m0/s1. The monoisotopic (exact) mass is 435 g/mol. The molecule has 0 radical (unpaired) electrons. The Labute approximate surface area is 187 Å². The van der Waals surface area contributed by atoms with Gasteiger partial charge in [-0.1, -0.05) is 37.1 Å². The van der Waals surface area contributed by atoms with Gasteiger partial charge in [-0.25, -0.2) is 0 Å². The summed E-state index contributed by atoms with van der Waals surface area (Å²) in [6.45, 7) is 0.740. The summed E-state index contributed by atoms with van der Waals surface area (Å²) in [6, 6.07) is 15.9. The largest absolute Gasteiger partial charge is 0.378 e. The lowest BCUT2D eigenvalue weighted by Crippen LogP contribution is -2.41. The molecule has 2 N–H and O–H groups in total. The number of benzene rings is 2. The zero-order chi connectivity index (χ0) is 22.0. The van der Waals surface area contributed by atoms with Gasteiger partial charge in [0.25, 0.3) is 11.8 Å². The molecular weight excluding hydrogens is 406 g/mol. The van der Waals surface area contributed by atoms with E-state index in [1.807, 2.05) is 66.4 Å². The fourth-order valence-corrected chi connectivity index (χ4v) is 5.56. The fourth-order valence-electron chi connectivity index (χ4n) is 4.48. The second-order valence-corrected chi connectivity index (χ2v) is 9.47. The molecule has 5 nitrogen and oxygen atoms in total. The number of fused-ring (bicyclic) bond motifs is 1. The molecule has 0 aliphatic carbocycles. The SMILES string of the molecule is CN(C)c1cccc(C(=O)N2CCCCC[C@H]2Cc2c(C(N)=O)sc3ccccc23)c1. The molecule has 6 heteroatoms. The maximum atomic E-state index is 13.6. The van der Waals surface area contributed by atoms with Crippen LogP contribution in [-0.4, -0.2) is 43.4 Å². The molecule has 1 aliphatic rings. The van der Waals surface area contributed by atoms with E-state index in [1.54, 1.807) is 0 Å². The normalized spacial score (nSPS) is 16.8. The molecule has 31 heavy (non-hydrogen) atoms. The van der Waals surface area contributed by atoms with Crippen LogP contribution in [0.15, 0.2) is 48.5 Å². The van der Waals surface area contributed by atoms with Crippen LogP contribution in [0.5, 0.6) is 0 Å². The van der Waals surface area contributed by atoms with Gasteiger partial charge < -0.3 is 15.5 Å². The van der Waals surface area contributed by atoms with Crippen LogP contribution >= 0.6 is 11.3 Å². The van der Waals surface area contributed by atoms with Crippen molar-refractivity contribution in [3.63, 3.8) is 0 Å². The van der Waals surface area contributed by atoms with E-state index in [2.05, 4.69) is 6.07 Å². The van der Waals surface area contributed by atoms with Crippen molar-refractivity contribution in [2.45, 2.75) is 38.1 Å². The highest BCUT2D eigenvalue weighted by molar-refractivity contribution is 7.21. The van der Waals surface area contributed by atoms with Gasteiger partial charge in [0.05, 0.1) is 4.88 Å². The number of carbonyl (C=O) groups is 2. The number of rotatable bonds is 5. The zero-order valence-corrected chi connectivity index (χ0v) is 19.0. The van der Waals surface area contributed by atoms with Crippen LogP contribution in [0, 0.1) is 0 Å². The first-order chi connectivity index (χ1) is 15.0. The first-order valence-corrected chi connectivity index (χ1v) is 11.7. The van der Waals surface area contributed by atoms with Crippen LogP contribution in [0.4, 0.5) is 5.69 Å². The van der Waals surface area contributed by atoms with Crippen molar-refractivity contribution in [1.29, 1.82) is 0 Å². The molecule has 1 saturated heterocycles. The summed E-state index contributed by atoms with van der Waals surface area (Å²) in [7, 11) is 3.96. The summed E-state index contributed by atoms with van der Waals surface area (Å²) in [4.78, 5) is 30.4. The van der Waals surface area contributed by atoms with Gasteiger partial charge in [-0.05, 0) is 54.5 Å². The third-order valence-corrected chi connectivity index (χ3v) is 7.34. The maximum Gasteiger partial charge on any atom is 0.259 e. The van der Waals surface area contributed by atoms with Crippen LogP contribution in [0.1, 0.15) is 51.3 Å². The first kappa shape index (κ1) is 21.4. The summed E-state index contributed by atoms with van der Waals surface area (Å²) >= 11 is 1.45. The van der Waals surface area contributed by atoms with Crippen LogP contribution in [0.2, 0.25) is 0 Å². The molecule has 1 aromatic heterocycles. The van der Waals surface area contributed by atoms with Crippen LogP contribution in [0.25, 0.3) is 10.1 Å². The van der Waals surface area contributed by atoms with Crippen molar-refractivity contribution in [3.8, 4) is 0 Å². The number of likely N-dealkylation sites (tertiary alicyclic amines) is 1. The van der Waals surface area contributed by atoms with Gasteiger partial charge in [-0.2, -0.15) is 0 Å². The molecule has 3 aromatic rings. The average molecular weight is 436 g/mol. The molecular formula is C25H29N3O2S. The quantitative estimate of drug-likeness (QED) is 0.632. The Balaban J connectivity index is 1.69. The van der Waals surface area contributed by atoms with E-state index < -0.39 is 0 Å². The van der Waals surface area contributed by atoms with E-state index in [0.29, 0.717) is 16.9 Å². The molecule has 2 amide bonds. The molecule has 1 fully saturated rings. The molecule has 0 unspecified atom stereocenters. The molecule has 1 aliphatic heterocycles. The number of carbonyl (C=O) groups excluding carboxylic acids is 2. The number of thiophene rings is 1. The molecule has 0 spiro atoms. The van der Waals surface area contributed by atoms with Gasteiger partial charge in [0, 0.05) is 42.6 Å². The Morgan fingerprint density at radius 3 is 2.68 bits per heavy atom. The van der Waals surface area contributed by atoms with Crippen molar-refractivity contribution < 1.29 is 9.59 Å². The molecule has 2 heterocycles. The van der Waals surface area contributed by atoms with E-state index in [9.17, 15) is 9.59 Å². The van der Waals surface area contributed by atoms with Crippen molar-refractivity contribution >= 4 is 38.9 Å². The van der Waals surface area contributed by atoms with Crippen molar-refractivity contribution in [2.24, 2.45) is 5.73 Å². The first-order valence-electron chi connectivity index (χ1n) is 10.8. The third kappa shape index (κ3) is 4.44. The molecule has 2 aromatic carbocycles. The van der Waals surface area contributed by atoms with E-state index in [-0.39, 0.29) is 17.9 Å². The molecule has 0 bridgehead atoms. The smallest absolute Gasteiger partial charge is 0.259 e. The lowest BCUT2D eigenvalue weighted by molar-refractivity contribution is 0.0682. The Morgan fingerprint density at radius 1 is 1.10 bits per heavy atom. The Bertz CT molecular complexity index is 1110. The van der Waals surface area contributed by atoms with Gasteiger partial charge >= 0.3 is 0 Å². The van der Waals surface area contributed by atoms with Crippen molar-refractivity contribution in [1.82, 2.24) is 4.90 Å². The summed E-state index contributed by atoms with van der Waals surface area (Å²) in [5, 5.41) is 1.08. The second-order valence-electron chi connectivity index (χ2n) is 8.42. The number of primary amides is 1. The third-order valence-electron chi connectivity index (χ3n) is 6.11. The van der Waals surface area contributed by atoms with E-state index in [4.69, 9.17) is 5.73 Å². The van der Waals surface area contributed by atoms with Gasteiger partial charge in [0.1, 0.15) is 0 Å². The summed E-state index contributed by atoms with van der Waals surface area (Å²) in [5.74, 6) is -0.322. The predicted molar refractivity (Wildman–Crippen MR) is 128 cm³/mol. The lowest BCUT2D eigenvalue weighted by Gasteiger charge is -2.31. The lowest BCUT2D eigenvalue weighted by atomic mass is 9.97. The molecule has 4 rings (SSSR count). The predicted octanol–water partition coefficient (Wildman–Crippen LogP) is 4.69. The van der Waals surface area contributed by atoms with Gasteiger partial charge in [-0.3, -0.25) is 9.59 Å². The minimum atomic E-state index is -0.388. The minimum absolute atomic E-state index is 0.0501. The van der Waals surface area contributed by atoms with Gasteiger partial charge in [0.2, 0.25) is 0 Å². The van der Waals surface area contributed by atoms with Gasteiger partial charge in [-0.15, -0.1) is 11.3 Å². The summed E-state index contributed by atoms with van der Waals surface area (Å²) in [5.41, 5.74) is 8.44. The number of anilines is 1. The van der Waals surface area contributed by atoms with E-state index in [0.717, 1.165) is 53.6 Å². The Morgan fingerprint density at radius 2 is 1.90 bits per heavy atom. The maximum absolute atomic E-state index is 13.6. The van der Waals surface area contributed by atoms with Crippen LogP contribution in [-0.2, 0) is 6.42 Å². The number of nitrogens with two attached hydrogens (primary N) is 1. The van der Waals surface area contributed by atoms with Crippen LogP contribution in [0.3, 0.4) is 0 Å². The van der Waals surface area contributed by atoms with Gasteiger partial charge in [0.15, 0.2) is 0 Å².